The summed E-state index contributed by atoms with van der Waals surface area (Å²) in [6, 6.07) is 11.5. The van der Waals surface area contributed by atoms with E-state index >= 15 is 0 Å². The highest BCUT2D eigenvalue weighted by Crippen LogP contribution is 2.40. The number of nitrogens with two attached hydrogens (primary N) is 1. The van der Waals surface area contributed by atoms with Crippen LogP contribution in [-0.4, -0.2) is 26.4 Å². The molecule has 6 nitrogen and oxygen atoms in total. The molecule has 28 heavy (non-hydrogen) atoms. The highest BCUT2D eigenvalue weighted by molar-refractivity contribution is 6.00. The summed E-state index contributed by atoms with van der Waals surface area (Å²) in [6.45, 7) is 1.43. The Kier molecular flexibility index (Phi) is 3.18. The fraction of sp³-hybridized carbons (Fsp3) is 0.286. The van der Waals surface area contributed by atoms with E-state index in [0.29, 0.717) is 12.5 Å². The molecule has 3 heterocycles. The van der Waals surface area contributed by atoms with E-state index in [0.717, 1.165) is 65.0 Å². The van der Waals surface area contributed by atoms with Gasteiger partial charge in [0.2, 0.25) is 0 Å². The normalized spacial score (nSPS) is 16.7. The Hall–Kier alpha value is -3.22. The van der Waals surface area contributed by atoms with Crippen LogP contribution in [0.15, 0.2) is 36.4 Å². The van der Waals surface area contributed by atoms with Gasteiger partial charge in [-0.3, -0.25) is 0 Å². The van der Waals surface area contributed by atoms with Gasteiger partial charge in [0.25, 0.3) is 0 Å². The number of nitrogens with zero attached hydrogens (tertiary/aromatic N) is 5. The van der Waals surface area contributed by atoms with Crippen molar-refractivity contribution in [3.63, 3.8) is 0 Å². The van der Waals surface area contributed by atoms with Crippen molar-refractivity contribution in [2.24, 2.45) is 0 Å². The molecule has 1 fully saturated rings. The largest absolute Gasteiger partial charge is 0.396 e. The third-order valence-electron chi connectivity index (χ3n) is 5.84. The van der Waals surface area contributed by atoms with E-state index in [1.165, 1.54) is 0 Å². The minimum Gasteiger partial charge on any atom is -0.396 e. The maximum atomic E-state index is 13.8. The lowest BCUT2D eigenvalue weighted by Gasteiger charge is -2.30. The summed E-state index contributed by atoms with van der Waals surface area (Å²) in [7, 11) is 0. The number of nitrogen functional groups attached to an aromatic ring is 1. The van der Waals surface area contributed by atoms with Crippen LogP contribution in [0.25, 0.3) is 16.4 Å². The van der Waals surface area contributed by atoms with Crippen LogP contribution in [0.4, 0.5) is 15.9 Å². The van der Waals surface area contributed by atoms with Crippen LogP contribution in [0, 0.1) is 5.82 Å². The van der Waals surface area contributed by atoms with Crippen molar-refractivity contribution in [3.8, 4) is 0 Å². The lowest BCUT2D eigenvalue weighted by Crippen LogP contribution is -2.32. The Bertz CT molecular complexity index is 1240. The molecule has 140 valence electrons. The molecule has 6 rings (SSSR count). The zero-order chi connectivity index (χ0) is 18.8. The fourth-order valence-corrected chi connectivity index (χ4v) is 4.19. The minimum atomic E-state index is -0.337. The van der Waals surface area contributed by atoms with Gasteiger partial charge in [-0.1, -0.05) is 24.3 Å². The molecule has 4 aromatic rings. The molecule has 1 aliphatic heterocycles. The molecule has 2 N–H and O–H groups in total. The summed E-state index contributed by atoms with van der Waals surface area (Å²) >= 11 is 0. The monoisotopic (exact) mass is 374 g/mol. The quantitative estimate of drug-likeness (QED) is 0.544. The van der Waals surface area contributed by atoms with Gasteiger partial charge in [0.1, 0.15) is 5.82 Å². The van der Waals surface area contributed by atoms with E-state index in [2.05, 4.69) is 27.2 Å². The fourth-order valence-electron chi connectivity index (χ4n) is 4.19. The number of anilines is 2. The highest BCUT2D eigenvalue weighted by atomic mass is 19.1. The molecule has 0 bridgehead atoms. The van der Waals surface area contributed by atoms with Crippen LogP contribution >= 0.6 is 0 Å². The molecule has 7 heteroatoms. The van der Waals surface area contributed by atoms with Gasteiger partial charge in [-0.2, -0.15) is 4.52 Å². The van der Waals surface area contributed by atoms with Crippen LogP contribution < -0.4 is 10.6 Å². The molecule has 2 aliphatic rings. The molecular formula is C21H19FN6. The van der Waals surface area contributed by atoms with E-state index in [1.54, 1.807) is 12.1 Å². The number of hydrogen-bond acceptors (Lipinski definition) is 5. The smallest absolute Gasteiger partial charge is 0.185 e. The molecule has 1 aliphatic carbocycles. The standard InChI is InChI=1S/C21H19FN6/c22-17-9-13-7-8-27(11-14(13)10-18(17)23)21-16-4-2-1-3-15(16)20-25-24-19(12-5-6-12)28(20)26-21/h1-4,9-10,12H,5-8,11,23H2. The molecule has 0 unspecified atom stereocenters. The van der Waals surface area contributed by atoms with Crippen molar-refractivity contribution in [2.45, 2.75) is 31.7 Å². The molecule has 0 spiro atoms. The highest BCUT2D eigenvalue weighted by Gasteiger charge is 2.31. The van der Waals surface area contributed by atoms with Crippen molar-refractivity contribution >= 4 is 27.9 Å². The van der Waals surface area contributed by atoms with Gasteiger partial charge in [0.05, 0.1) is 5.69 Å². The topological polar surface area (TPSA) is 72.3 Å². The molecular weight excluding hydrogens is 355 g/mol. The average molecular weight is 374 g/mol. The molecule has 0 amide bonds. The molecule has 2 aromatic heterocycles. The first kappa shape index (κ1) is 15.8. The average Bonchev–Trinajstić information content (AvgIpc) is 3.46. The van der Waals surface area contributed by atoms with E-state index in [1.807, 2.05) is 16.6 Å². The summed E-state index contributed by atoms with van der Waals surface area (Å²) in [5.41, 5.74) is 8.90. The lowest BCUT2D eigenvalue weighted by atomic mass is 9.98. The summed E-state index contributed by atoms with van der Waals surface area (Å²) in [4.78, 5) is 2.25. The SMILES string of the molecule is Nc1cc2c(cc1F)CCN(c1nn3c(C4CC4)nnc3c3ccccc13)C2. The molecule has 0 saturated heterocycles. The van der Waals surface area contributed by atoms with Crippen molar-refractivity contribution in [3.05, 3.63) is 59.2 Å². The van der Waals surface area contributed by atoms with Crippen LogP contribution in [0.5, 0.6) is 0 Å². The van der Waals surface area contributed by atoms with Crippen molar-refractivity contribution in [2.75, 3.05) is 17.2 Å². The first-order valence-corrected chi connectivity index (χ1v) is 9.65. The Morgan fingerprint density at radius 2 is 1.86 bits per heavy atom. The van der Waals surface area contributed by atoms with Crippen LogP contribution in [0.1, 0.15) is 35.7 Å². The lowest BCUT2D eigenvalue weighted by molar-refractivity contribution is 0.623. The Labute approximate surface area is 160 Å². The van der Waals surface area contributed by atoms with E-state index in [-0.39, 0.29) is 11.5 Å². The predicted molar refractivity (Wildman–Crippen MR) is 106 cm³/mol. The summed E-state index contributed by atoms with van der Waals surface area (Å²) in [6.07, 6.45) is 3.05. The predicted octanol–water partition coefficient (Wildman–Crippen LogP) is 3.44. The van der Waals surface area contributed by atoms with Crippen molar-refractivity contribution in [1.82, 2.24) is 19.8 Å². The number of halogens is 1. The first-order valence-electron chi connectivity index (χ1n) is 9.65. The summed E-state index contributed by atoms with van der Waals surface area (Å²) < 4.78 is 15.8. The summed E-state index contributed by atoms with van der Waals surface area (Å²) in [5.74, 6) is 1.99. The van der Waals surface area contributed by atoms with Crippen LogP contribution in [0.3, 0.4) is 0 Å². The number of hydrogen-bond donors (Lipinski definition) is 1. The van der Waals surface area contributed by atoms with E-state index < -0.39 is 0 Å². The van der Waals surface area contributed by atoms with Crippen molar-refractivity contribution in [1.29, 1.82) is 0 Å². The van der Waals surface area contributed by atoms with Gasteiger partial charge < -0.3 is 10.6 Å². The Balaban J connectivity index is 1.53. The van der Waals surface area contributed by atoms with Gasteiger partial charge in [0, 0.05) is 29.8 Å². The molecule has 1 saturated carbocycles. The molecule has 2 aromatic carbocycles. The van der Waals surface area contributed by atoms with Gasteiger partial charge in [-0.05, 0) is 42.5 Å². The number of aromatic nitrogens is 4. The molecule has 0 radical (unpaired) electrons. The number of fused-ring (bicyclic) bond motifs is 4. The maximum absolute atomic E-state index is 13.8. The summed E-state index contributed by atoms with van der Waals surface area (Å²) in [5, 5.41) is 15.9. The van der Waals surface area contributed by atoms with Crippen LogP contribution in [-0.2, 0) is 13.0 Å². The van der Waals surface area contributed by atoms with Gasteiger partial charge >= 0.3 is 0 Å². The zero-order valence-electron chi connectivity index (χ0n) is 15.3. The van der Waals surface area contributed by atoms with Crippen molar-refractivity contribution < 1.29 is 4.39 Å². The van der Waals surface area contributed by atoms with E-state index in [9.17, 15) is 4.39 Å². The van der Waals surface area contributed by atoms with Gasteiger partial charge in [0.15, 0.2) is 17.3 Å². The molecule has 0 atom stereocenters. The maximum Gasteiger partial charge on any atom is 0.185 e. The second-order valence-electron chi connectivity index (χ2n) is 7.75. The number of benzene rings is 2. The second kappa shape index (κ2) is 5.64. The minimum absolute atomic E-state index is 0.198. The van der Waals surface area contributed by atoms with Gasteiger partial charge in [-0.25, -0.2) is 4.39 Å². The third-order valence-corrected chi connectivity index (χ3v) is 5.84. The Morgan fingerprint density at radius 1 is 1.04 bits per heavy atom. The number of rotatable bonds is 2. The van der Waals surface area contributed by atoms with Crippen LogP contribution in [0.2, 0.25) is 0 Å². The second-order valence-corrected chi connectivity index (χ2v) is 7.75. The van der Waals surface area contributed by atoms with E-state index in [4.69, 9.17) is 10.8 Å². The Morgan fingerprint density at radius 3 is 2.68 bits per heavy atom. The zero-order valence-corrected chi connectivity index (χ0v) is 15.3. The first-order chi connectivity index (χ1) is 13.7. The third kappa shape index (κ3) is 2.28. The van der Waals surface area contributed by atoms with Gasteiger partial charge in [-0.15, -0.1) is 15.3 Å².